The summed E-state index contributed by atoms with van der Waals surface area (Å²) in [5.41, 5.74) is 2.90. The van der Waals surface area contributed by atoms with E-state index < -0.39 is 23.8 Å². The molecule has 1 aromatic heterocycles. The molecule has 3 aromatic rings. The summed E-state index contributed by atoms with van der Waals surface area (Å²) in [5, 5.41) is 0. The standard InChI is InChI=1S/C32H36N2O8/c1-6-38-31(36)29(41-21(2)35)18-23-17-22(11-13-25-20-40-32(3,4)42-25)12-14-27(23)39-19-24-15-16-33-30(34-24)26-9-7-8-10-28(26)37-5/h7-17,25,29H,6,18-20H2,1-5H3/b13-11+/t25?,29-/m1/s1. The topological polar surface area (TPSA) is 115 Å². The predicted octanol–water partition coefficient (Wildman–Crippen LogP) is 4.93. The van der Waals surface area contributed by atoms with Crippen LogP contribution in [0.4, 0.5) is 0 Å². The predicted molar refractivity (Wildman–Crippen MR) is 155 cm³/mol. The monoisotopic (exact) mass is 576 g/mol. The largest absolute Gasteiger partial charge is 0.496 e. The minimum atomic E-state index is -1.13. The summed E-state index contributed by atoms with van der Waals surface area (Å²) in [6, 6.07) is 14.8. The number of nitrogens with zero attached hydrogens (tertiary/aromatic N) is 2. The summed E-state index contributed by atoms with van der Waals surface area (Å²) in [6.07, 6.45) is 4.23. The van der Waals surface area contributed by atoms with Gasteiger partial charge in [0.2, 0.25) is 6.10 Å². The zero-order chi connectivity index (χ0) is 30.1. The highest BCUT2D eigenvalue weighted by molar-refractivity contribution is 5.79. The molecule has 42 heavy (non-hydrogen) atoms. The molecule has 0 N–H and O–H groups in total. The van der Waals surface area contributed by atoms with Crippen LogP contribution in [0.5, 0.6) is 11.5 Å². The number of hydrogen-bond acceptors (Lipinski definition) is 10. The molecule has 2 heterocycles. The van der Waals surface area contributed by atoms with Gasteiger partial charge in [-0.15, -0.1) is 0 Å². The van der Waals surface area contributed by atoms with Gasteiger partial charge in [0.05, 0.1) is 31.6 Å². The highest BCUT2D eigenvalue weighted by atomic mass is 16.7. The van der Waals surface area contributed by atoms with Crippen molar-refractivity contribution in [2.75, 3.05) is 20.3 Å². The molecule has 0 radical (unpaired) electrons. The first-order valence-corrected chi connectivity index (χ1v) is 13.7. The van der Waals surface area contributed by atoms with Gasteiger partial charge in [0.1, 0.15) is 24.2 Å². The fraction of sp³-hybridized carbons (Fsp3) is 0.375. The maximum Gasteiger partial charge on any atom is 0.347 e. The van der Waals surface area contributed by atoms with E-state index in [2.05, 4.69) is 9.97 Å². The van der Waals surface area contributed by atoms with Gasteiger partial charge in [-0.25, -0.2) is 14.8 Å². The van der Waals surface area contributed by atoms with Crippen LogP contribution in [0.25, 0.3) is 17.5 Å². The van der Waals surface area contributed by atoms with Gasteiger partial charge in [-0.3, -0.25) is 4.79 Å². The number of para-hydroxylation sites is 1. The molecule has 1 unspecified atom stereocenters. The first-order chi connectivity index (χ1) is 20.2. The van der Waals surface area contributed by atoms with Gasteiger partial charge in [-0.05, 0) is 62.2 Å². The van der Waals surface area contributed by atoms with Gasteiger partial charge in [-0.2, -0.15) is 0 Å². The average molecular weight is 577 g/mol. The Morgan fingerprint density at radius 3 is 2.67 bits per heavy atom. The van der Waals surface area contributed by atoms with Gasteiger partial charge < -0.3 is 28.4 Å². The summed E-state index contributed by atoms with van der Waals surface area (Å²) in [4.78, 5) is 33.5. The second kappa shape index (κ2) is 14.1. The van der Waals surface area contributed by atoms with Crippen LogP contribution in [0.2, 0.25) is 0 Å². The Labute approximate surface area is 245 Å². The van der Waals surface area contributed by atoms with Gasteiger partial charge in [0.25, 0.3) is 0 Å². The number of methoxy groups -OCH3 is 1. The van der Waals surface area contributed by atoms with Crippen LogP contribution < -0.4 is 9.47 Å². The molecule has 1 aliphatic heterocycles. The van der Waals surface area contributed by atoms with Crippen molar-refractivity contribution in [1.29, 1.82) is 0 Å². The SMILES string of the molecule is CCOC(=O)[C@@H](Cc1cc(/C=C/C2COC(C)(C)O2)ccc1OCc1ccnc(-c2ccccc2OC)n1)OC(C)=O. The molecule has 1 aliphatic rings. The summed E-state index contributed by atoms with van der Waals surface area (Å²) >= 11 is 0. The van der Waals surface area contributed by atoms with E-state index in [1.165, 1.54) is 6.92 Å². The molecule has 1 fully saturated rings. The van der Waals surface area contributed by atoms with Crippen molar-refractivity contribution in [3.8, 4) is 22.9 Å². The average Bonchev–Trinajstić information content (AvgIpc) is 3.33. The van der Waals surface area contributed by atoms with Crippen LogP contribution in [-0.4, -0.2) is 60.2 Å². The molecule has 0 saturated carbocycles. The summed E-state index contributed by atoms with van der Waals surface area (Å²) < 4.78 is 33.6. The van der Waals surface area contributed by atoms with Crippen molar-refractivity contribution in [2.45, 2.75) is 58.7 Å². The van der Waals surface area contributed by atoms with E-state index in [0.29, 0.717) is 35.2 Å². The van der Waals surface area contributed by atoms with Crippen molar-refractivity contribution >= 4 is 18.0 Å². The number of esters is 2. The summed E-state index contributed by atoms with van der Waals surface area (Å²) in [5.74, 6) is -0.176. The van der Waals surface area contributed by atoms with Gasteiger partial charge >= 0.3 is 11.9 Å². The molecule has 0 amide bonds. The molecule has 10 nitrogen and oxygen atoms in total. The lowest BCUT2D eigenvalue weighted by atomic mass is 10.0. The van der Waals surface area contributed by atoms with Crippen molar-refractivity contribution in [3.05, 3.63) is 77.6 Å². The first-order valence-electron chi connectivity index (χ1n) is 13.7. The highest BCUT2D eigenvalue weighted by Gasteiger charge is 2.31. The number of aromatic nitrogens is 2. The number of rotatable bonds is 12. The molecule has 1 saturated heterocycles. The number of carbonyl (C=O) groups excluding carboxylic acids is 2. The Morgan fingerprint density at radius 1 is 1.14 bits per heavy atom. The van der Waals surface area contributed by atoms with E-state index in [9.17, 15) is 9.59 Å². The number of benzene rings is 2. The Balaban J connectivity index is 1.59. The second-order valence-electron chi connectivity index (χ2n) is 10.0. The molecule has 10 heteroatoms. The zero-order valence-corrected chi connectivity index (χ0v) is 24.5. The van der Waals surface area contributed by atoms with E-state index in [1.54, 1.807) is 26.3 Å². The van der Waals surface area contributed by atoms with Crippen molar-refractivity contribution in [3.63, 3.8) is 0 Å². The lowest BCUT2D eigenvalue weighted by Crippen LogP contribution is -2.30. The van der Waals surface area contributed by atoms with Crippen molar-refractivity contribution < 1.29 is 38.0 Å². The number of carbonyl (C=O) groups is 2. The van der Waals surface area contributed by atoms with Crippen LogP contribution in [0.3, 0.4) is 0 Å². The fourth-order valence-corrected chi connectivity index (χ4v) is 4.43. The second-order valence-corrected chi connectivity index (χ2v) is 10.0. The maximum absolute atomic E-state index is 12.6. The number of hydrogen-bond donors (Lipinski definition) is 0. The fourth-order valence-electron chi connectivity index (χ4n) is 4.43. The smallest absolute Gasteiger partial charge is 0.347 e. The lowest BCUT2D eigenvalue weighted by Gasteiger charge is -2.18. The van der Waals surface area contributed by atoms with Crippen LogP contribution in [0.1, 0.15) is 44.5 Å². The summed E-state index contributed by atoms with van der Waals surface area (Å²) in [6.45, 7) is 7.42. The van der Waals surface area contributed by atoms with E-state index in [1.807, 2.05) is 68.5 Å². The van der Waals surface area contributed by atoms with E-state index >= 15 is 0 Å². The molecular formula is C32H36N2O8. The molecule has 0 bridgehead atoms. The lowest BCUT2D eigenvalue weighted by molar-refractivity contribution is -0.166. The third-order valence-corrected chi connectivity index (χ3v) is 6.32. The van der Waals surface area contributed by atoms with Gasteiger partial charge in [0.15, 0.2) is 11.6 Å². The molecule has 2 atom stereocenters. The molecular weight excluding hydrogens is 540 g/mol. The quantitative estimate of drug-likeness (QED) is 0.275. The minimum absolute atomic E-state index is 0.0573. The molecule has 0 spiro atoms. The maximum atomic E-state index is 12.6. The Kier molecular flexibility index (Phi) is 10.3. The van der Waals surface area contributed by atoms with Crippen LogP contribution in [-0.2, 0) is 41.6 Å². The molecule has 222 valence electrons. The molecule has 0 aliphatic carbocycles. The van der Waals surface area contributed by atoms with Crippen LogP contribution in [0, 0.1) is 0 Å². The van der Waals surface area contributed by atoms with Crippen LogP contribution >= 0.6 is 0 Å². The van der Waals surface area contributed by atoms with Gasteiger partial charge in [-0.1, -0.05) is 30.4 Å². The molecule has 4 rings (SSSR count). The minimum Gasteiger partial charge on any atom is -0.496 e. The Bertz CT molecular complexity index is 1420. The van der Waals surface area contributed by atoms with Gasteiger partial charge in [0, 0.05) is 19.5 Å². The van der Waals surface area contributed by atoms with Crippen molar-refractivity contribution in [2.24, 2.45) is 0 Å². The summed E-state index contributed by atoms with van der Waals surface area (Å²) in [7, 11) is 1.60. The van der Waals surface area contributed by atoms with Crippen molar-refractivity contribution in [1.82, 2.24) is 9.97 Å². The first kappa shape index (κ1) is 30.7. The normalized spacial score (nSPS) is 16.6. The molecule has 2 aromatic carbocycles. The van der Waals surface area contributed by atoms with E-state index in [4.69, 9.17) is 28.4 Å². The highest BCUT2D eigenvalue weighted by Crippen LogP contribution is 2.29. The third-order valence-electron chi connectivity index (χ3n) is 6.32. The Morgan fingerprint density at radius 2 is 1.95 bits per heavy atom. The zero-order valence-electron chi connectivity index (χ0n) is 24.5. The third kappa shape index (κ3) is 8.37. The Hall–Kier alpha value is -4.28. The van der Waals surface area contributed by atoms with Crippen LogP contribution in [0.15, 0.2) is 60.8 Å². The number of ether oxygens (including phenoxy) is 6. The van der Waals surface area contributed by atoms with E-state index in [-0.39, 0.29) is 25.7 Å². The van der Waals surface area contributed by atoms with E-state index in [0.717, 1.165) is 11.1 Å².